The highest BCUT2D eigenvalue weighted by molar-refractivity contribution is 5.78. The number of alkyl carbamates (subject to hydrolysis) is 1. The van der Waals surface area contributed by atoms with Crippen LogP contribution in [0, 0.1) is 0 Å². The van der Waals surface area contributed by atoms with E-state index >= 15 is 0 Å². The molecule has 1 aliphatic rings. The molecule has 6 heteroatoms. The van der Waals surface area contributed by atoms with Gasteiger partial charge in [0.15, 0.2) is 6.61 Å². The van der Waals surface area contributed by atoms with E-state index < -0.39 is 11.7 Å². The Morgan fingerprint density at radius 1 is 1.36 bits per heavy atom. The number of benzene rings is 1. The van der Waals surface area contributed by atoms with Crippen LogP contribution in [0.3, 0.4) is 0 Å². The van der Waals surface area contributed by atoms with Gasteiger partial charge >= 0.3 is 6.09 Å². The lowest BCUT2D eigenvalue weighted by Gasteiger charge is -2.22. The average Bonchev–Trinajstić information content (AvgIpc) is 2.57. The van der Waals surface area contributed by atoms with Crippen molar-refractivity contribution in [2.45, 2.75) is 32.9 Å². The topological polar surface area (TPSA) is 67.9 Å². The van der Waals surface area contributed by atoms with E-state index in [1.165, 1.54) is 0 Å². The second kappa shape index (κ2) is 6.68. The minimum atomic E-state index is -0.532. The van der Waals surface area contributed by atoms with E-state index in [1.807, 2.05) is 24.3 Å². The molecule has 120 valence electrons. The van der Waals surface area contributed by atoms with Crippen molar-refractivity contribution in [2.24, 2.45) is 0 Å². The molecular weight excluding hydrogens is 284 g/mol. The van der Waals surface area contributed by atoms with Crippen molar-refractivity contribution in [3.63, 3.8) is 0 Å². The Balaban J connectivity index is 1.87. The molecule has 0 radical (unpaired) electrons. The lowest BCUT2D eigenvalue weighted by atomic mass is 10.2. The number of hydrogen-bond acceptors (Lipinski definition) is 4. The van der Waals surface area contributed by atoms with Crippen molar-refractivity contribution in [2.75, 3.05) is 19.7 Å². The van der Waals surface area contributed by atoms with Crippen LogP contribution in [0.2, 0.25) is 0 Å². The lowest BCUT2D eigenvalue weighted by molar-refractivity contribution is -0.133. The molecule has 2 rings (SSSR count). The predicted molar refractivity (Wildman–Crippen MR) is 81.6 cm³/mol. The number of carbonyl (C=O) groups excluding carboxylic acids is 2. The second-order valence-electron chi connectivity index (χ2n) is 6.14. The number of amides is 2. The fraction of sp³-hybridized carbons (Fsp3) is 0.500. The predicted octanol–water partition coefficient (Wildman–Crippen LogP) is 1.93. The largest absolute Gasteiger partial charge is 0.483 e. The summed E-state index contributed by atoms with van der Waals surface area (Å²) >= 11 is 0. The SMILES string of the molecule is CC(C)(C)OC(=O)NCCN1Cc2ccccc2OCC1=O. The molecule has 0 saturated carbocycles. The molecule has 1 N–H and O–H groups in total. The Morgan fingerprint density at radius 2 is 2.09 bits per heavy atom. The lowest BCUT2D eigenvalue weighted by Crippen LogP contribution is -2.40. The van der Waals surface area contributed by atoms with Crippen LogP contribution in [0.4, 0.5) is 4.79 Å². The van der Waals surface area contributed by atoms with Crippen LogP contribution >= 0.6 is 0 Å². The molecule has 0 aromatic heterocycles. The quantitative estimate of drug-likeness (QED) is 0.926. The van der Waals surface area contributed by atoms with Gasteiger partial charge in [0.1, 0.15) is 11.4 Å². The third-order valence-corrected chi connectivity index (χ3v) is 3.09. The molecule has 0 unspecified atom stereocenters. The summed E-state index contributed by atoms with van der Waals surface area (Å²) < 4.78 is 10.6. The molecule has 0 aliphatic carbocycles. The molecule has 2 amide bonds. The molecule has 0 fully saturated rings. The Morgan fingerprint density at radius 3 is 2.82 bits per heavy atom. The summed E-state index contributed by atoms with van der Waals surface area (Å²) in [5.41, 5.74) is 0.431. The first-order valence-corrected chi connectivity index (χ1v) is 7.30. The highest BCUT2D eigenvalue weighted by Gasteiger charge is 2.21. The summed E-state index contributed by atoms with van der Waals surface area (Å²) in [5.74, 6) is 0.639. The number of para-hydroxylation sites is 1. The maximum absolute atomic E-state index is 12.0. The zero-order valence-electron chi connectivity index (χ0n) is 13.2. The number of ether oxygens (including phenoxy) is 2. The van der Waals surface area contributed by atoms with Gasteiger partial charge in [0.25, 0.3) is 5.91 Å². The Hall–Kier alpha value is -2.24. The zero-order valence-corrected chi connectivity index (χ0v) is 13.2. The molecule has 0 spiro atoms. The van der Waals surface area contributed by atoms with E-state index in [0.29, 0.717) is 19.6 Å². The summed E-state index contributed by atoms with van der Waals surface area (Å²) in [5, 5.41) is 2.66. The Bertz CT molecular complexity index is 551. The van der Waals surface area contributed by atoms with E-state index in [-0.39, 0.29) is 12.5 Å². The monoisotopic (exact) mass is 306 g/mol. The molecule has 6 nitrogen and oxygen atoms in total. The van der Waals surface area contributed by atoms with E-state index in [1.54, 1.807) is 25.7 Å². The van der Waals surface area contributed by atoms with E-state index in [4.69, 9.17) is 9.47 Å². The highest BCUT2D eigenvalue weighted by atomic mass is 16.6. The van der Waals surface area contributed by atoms with Crippen molar-refractivity contribution >= 4 is 12.0 Å². The minimum Gasteiger partial charge on any atom is -0.483 e. The average molecular weight is 306 g/mol. The summed E-state index contributed by atoms with van der Waals surface area (Å²) in [6, 6.07) is 7.57. The summed E-state index contributed by atoms with van der Waals surface area (Å²) in [6.07, 6.45) is -0.480. The van der Waals surface area contributed by atoms with Gasteiger partial charge < -0.3 is 19.7 Å². The van der Waals surface area contributed by atoms with Crippen LogP contribution in [-0.2, 0) is 16.1 Å². The van der Waals surface area contributed by atoms with Crippen LogP contribution < -0.4 is 10.1 Å². The van der Waals surface area contributed by atoms with Crippen LogP contribution in [0.5, 0.6) is 5.75 Å². The zero-order chi connectivity index (χ0) is 16.2. The number of carbonyl (C=O) groups is 2. The van der Waals surface area contributed by atoms with E-state index in [2.05, 4.69) is 5.32 Å². The van der Waals surface area contributed by atoms with Crippen molar-refractivity contribution in [1.29, 1.82) is 0 Å². The second-order valence-corrected chi connectivity index (χ2v) is 6.14. The van der Waals surface area contributed by atoms with Crippen molar-refractivity contribution in [1.82, 2.24) is 10.2 Å². The van der Waals surface area contributed by atoms with Gasteiger partial charge in [0.05, 0.1) is 0 Å². The van der Waals surface area contributed by atoms with Gasteiger partial charge in [0, 0.05) is 25.2 Å². The standard InChI is InChI=1S/C16H22N2O4/c1-16(2,3)22-15(20)17-8-9-18-10-12-6-4-5-7-13(12)21-11-14(18)19/h4-7H,8-11H2,1-3H3,(H,17,20). The normalized spacial score (nSPS) is 14.7. The molecular formula is C16H22N2O4. The molecule has 1 aromatic carbocycles. The molecule has 1 aliphatic heterocycles. The van der Waals surface area contributed by atoms with Crippen molar-refractivity contribution in [3.8, 4) is 5.75 Å². The van der Waals surface area contributed by atoms with Gasteiger partial charge in [-0.15, -0.1) is 0 Å². The summed E-state index contributed by atoms with van der Waals surface area (Å²) in [4.78, 5) is 25.3. The number of fused-ring (bicyclic) bond motifs is 1. The van der Waals surface area contributed by atoms with Crippen molar-refractivity contribution < 1.29 is 19.1 Å². The first kappa shape index (κ1) is 16.1. The van der Waals surface area contributed by atoms with Crippen LogP contribution in [0.15, 0.2) is 24.3 Å². The van der Waals surface area contributed by atoms with Gasteiger partial charge in [0.2, 0.25) is 0 Å². The maximum Gasteiger partial charge on any atom is 0.407 e. The first-order valence-electron chi connectivity index (χ1n) is 7.30. The molecule has 22 heavy (non-hydrogen) atoms. The van der Waals surface area contributed by atoms with Gasteiger partial charge in [-0.1, -0.05) is 18.2 Å². The first-order chi connectivity index (χ1) is 10.3. The van der Waals surface area contributed by atoms with E-state index in [9.17, 15) is 9.59 Å². The van der Waals surface area contributed by atoms with Gasteiger partial charge in [-0.3, -0.25) is 4.79 Å². The van der Waals surface area contributed by atoms with Gasteiger partial charge in [-0.05, 0) is 26.8 Å². The summed E-state index contributed by atoms with van der Waals surface area (Å²) in [7, 11) is 0. The smallest absolute Gasteiger partial charge is 0.407 e. The minimum absolute atomic E-state index is 0.0173. The number of hydrogen-bond donors (Lipinski definition) is 1. The Kier molecular flexibility index (Phi) is 4.90. The third-order valence-electron chi connectivity index (χ3n) is 3.09. The van der Waals surface area contributed by atoms with Crippen LogP contribution in [0.1, 0.15) is 26.3 Å². The molecule has 0 bridgehead atoms. The van der Waals surface area contributed by atoms with Gasteiger partial charge in [-0.2, -0.15) is 0 Å². The van der Waals surface area contributed by atoms with Crippen LogP contribution in [0.25, 0.3) is 0 Å². The highest BCUT2D eigenvalue weighted by Crippen LogP contribution is 2.22. The fourth-order valence-electron chi connectivity index (χ4n) is 2.11. The number of nitrogens with zero attached hydrogens (tertiary/aromatic N) is 1. The van der Waals surface area contributed by atoms with Crippen LogP contribution in [-0.4, -0.2) is 42.2 Å². The molecule has 0 atom stereocenters. The Labute approximate surface area is 130 Å². The third kappa shape index (κ3) is 4.65. The van der Waals surface area contributed by atoms with Crippen molar-refractivity contribution in [3.05, 3.63) is 29.8 Å². The fourth-order valence-corrected chi connectivity index (χ4v) is 2.11. The van der Waals surface area contributed by atoms with E-state index in [0.717, 1.165) is 11.3 Å². The molecule has 1 heterocycles. The molecule has 1 aromatic rings. The summed E-state index contributed by atoms with van der Waals surface area (Å²) in [6.45, 7) is 6.66. The molecule has 0 saturated heterocycles. The number of nitrogens with one attached hydrogen (secondary N) is 1. The maximum atomic E-state index is 12.0. The van der Waals surface area contributed by atoms with Gasteiger partial charge in [-0.25, -0.2) is 4.79 Å². The number of rotatable bonds is 3.